The number of halogens is 1. The molecule has 0 bridgehead atoms. The van der Waals surface area contributed by atoms with Crippen LogP contribution in [0.15, 0.2) is 57.9 Å². The van der Waals surface area contributed by atoms with Crippen molar-refractivity contribution in [3.05, 3.63) is 58.6 Å². The molecule has 0 heterocycles. The SMILES string of the molecule is CN(C)S(=O)(=O)c1ccc(NC(=S)NC(=O)c2ccccc2Br)cc1. The molecule has 2 N–H and O–H groups in total. The third-order valence-corrected chi connectivity index (χ3v) is 5.96. The number of rotatable bonds is 4. The number of nitrogens with one attached hydrogen (secondary N) is 2. The molecule has 0 atom stereocenters. The molecule has 9 heteroatoms. The zero-order valence-corrected chi connectivity index (χ0v) is 16.7. The summed E-state index contributed by atoms with van der Waals surface area (Å²) >= 11 is 8.42. The highest BCUT2D eigenvalue weighted by Crippen LogP contribution is 2.17. The summed E-state index contributed by atoms with van der Waals surface area (Å²) in [5.74, 6) is -0.350. The molecule has 0 aliphatic carbocycles. The van der Waals surface area contributed by atoms with Crippen LogP contribution in [-0.4, -0.2) is 37.8 Å². The molecule has 0 spiro atoms. The number of benzene rings is 2. The van der Waals surface area contributed by atoms with E-state index in [1.165, 1.54) is 26.2 Å². The summed E-state index contributed by atoms with van der Waals surface area (Å²) in [6.45, 7) is 0. The van der Waals surface area contributed by atoms with Gasteiger partial charge in [0.2, 0.25) is 10.0 Å². The molecular weight excluding hydrogens is 426 g/mol. The van der Waals surface area contributed by atoms with Gasteiger partial charge in [-0.2, -0.15) is 0 Å². The van der Waals surface area contributed by atoms with Crippen LogP contribution in [0.25, 0.3) is 0 Å². The van der Waals surface area contributed by atoms with Gasteiger partial charge < -0.3 is 5.32 Å². The summed E-state index contributed by atoms with van der Waals surface area (Å²) in [4.78, 5) is 12.3. The first-order chi connectivity index (χ1) is 11.7. The topological polar surface area (TPSA) is 78.5 Å². The van der Waals surface area contributed by atoms with E-state index in [0.717, 1.165) is 4.31 Å². The molecule has 0 saturated heterocycles. The Hall–Kier alpha value is -1.81. The zero-order chi connectivity index (χ0) is 18.6. The molecule has 2 rings (SSSR count). The Morgan fingerprint density at radius 2 is 1.68 bits per heavy atom. The first-order valence-corrected chi connectivity index (χ1v) is 9.75. The fourth-order valence-corrected chi connectivity index (χ4v) is 3.48. The quantitative estimate of drug-likeness (QED) is 0.713. The molecule has 6 nitrogen and oxygen atoms in total. The molecule has 25 heavy (non-hydrogen) atoms. The van der Waals surface area contributed by atoms with Crippen molar-refractivity contribution in [2.24, 2.45) is 0 Å². The second-order valence-corrected chi connectivity index (χ2v) is 8.61. The monoisotopic (exact) mass is 441 g/mol. The largest absolute Gasteiger partial charge is 0.332 e. The van der Waals surface area contributed by atoms with Crippen LogP contribution in [0, 0.1) is 0 Å². The summed E-state index contributed by atoms with van der Waals surface area (Å²) in [6, 6.07) is 13.1. The highest BCUT2D eigenvalue weighted by atomic mass is 79.9. The van der Waals surface area contributed by atoms with Crippen molar-refractivity contribution in [1.29, 1.82) is 0 Å². The lowest BCUT2D eigenvalue weighted by Crippen LogP contribution is -2.34. The lowest BCUT2D eigenvalue weighted by molar-refractivity contribution is 0.0977. The van der Waals surface area contributed by atoms with Gasteiger partial charge in [0.05, 0.1) is 10.5 Å². The van der Waals surface area contributed by atoms with Gasteiger partial charge in [0.25, 0.3) is 5.91 Å². The number of thiocarbonyl (C=S) groups is 1. The zero-order valence-electron chi connectivity index (χ0n) is 13.5. The fourth-order valence-electron chi connectivity index (χ4n) is 1.90. The maximum absolute atomic E-state index is 12.2. The Bertz CT molecular complexity index is 897. The van der Waals surface area contributed by atoms with Crippen LogP contribution in [0.2, 0.25) is 0 Å². The molecule has 2 aromatic rings. The van der Waals surface area contributed by atoms with Crippen LogP contribution < -0.4 is 10.6 Å². The minimum absolute atomic E-state index is 0.115. The van der Waals surface area contributed by atoms with E-state index < -0.39 is 10.0 Å². The Morgan fingerprint density at radius 3 is 2.24 bits per heavy atom. The van der Waals surface area contributed by atoms with Gasteiger partial charge in [-0.15, -0.1) is 0 Å². The van der Waals surface area contributed by atoms with Crippen molar-refractivity contribution in [2.45, 2.75) is 4.90 Å². The van der Waals surface area contributed by atoms with Crippen LogP contribution in [0.3, 0.4) is 0 Å². The Kier molecular flexibility index (Phi) is 6.28. The lowest BCUT2D eigenvalue weighted by atomic mass is 10.2. The van der Waals surface area contributed by atoms with Gasteiger partial charge in [-0.05, 0) is 64.5 Å². The van der Waals surface area contributed by atoms with Gasteiger partial charge >= 0.3 is 0 Å². The van der Waals surface area contributed by atoms with E-state index in [0.29, 0.717) is 15.7 Å². The number of carbonyl (C=O) groups is 1. The van der Waals surface area contributed by atoms with E-state index in [1.54, 1.807) is 36.4 Å². The summed E-state index contributed by atoms with van der Waals surface area (Å²) in [5, 5.41) is 5.53. The average Bonchev–Trinajstić information content (AvgIpc) is 2.55. The van der Waals surface area contributed by atoms with Gasteiger partial charge in [-0.3, -0.25) is 10.1 Å². The normalized spacial score (nSPS) is 11.2. The molecule has 132 valence electrons. The van der Waals surface area contributed by atoms with Crippen molar-refractivity contribution in [1.82, 2.24) is 9.62 Å². The summed E-state index contributed by atoms with van der Waals surface area (Å²) in [5.41, 5.74) is 1.02. The summed E-state index contributed by atoms with van der Waals surface area (Å²) < 4.78 is 25.8. The fraction of sp³-hybridized carbons (Fsp3) is 0.125. The highest BCUT2D eigenvalue weighted by Gasteiger charge is 2.17. The number of sulfonamides is 1. The predicted octanol–water partition coefficient (Wildman–Crippen LogP) is 2.83. The second kappa shape index (κ2) is 8.05. The van der Waals surface area contributed by atoms with Crippen LogP contribution in [0.1, 0.15) is 10.4 Å². The minimum atomic E-state index is -3.48. The highest BCUT2D eigenvalue weighted by molar-refractivity contribution is 9.10. The molecule has 0 saturated carbocycles. The van der Waals surface area contributed by atoms with E-state index in [9.17, 15) is 13.2 Å². The van der Waals surface area contributed by atoms with Crippen molar-refractivity contribution in [3.8, 4) is 0 Å². The third-order valence-electron chi connectivity index (χ3n) is 3.24. The van der Waals surface area contributed by atoms with Gasteiger partial charge in [0, 0.05) is 24.3 Å². The third kappa shape index (κ3) is 4.85. The molecule has 0 unspecified atom stereocenters. The lowest BCUT2D eigenvalue weighted by Gasteiger charge is -2.13. The average molecular weight is 442 g/mol. The number of hydrogen-bond acceptors (Lipinski definition) is 4. The van der Waals surface area contributed by atoms with Crippen molar-refractivity contribution in [2.75, 3.05) is 19.4 Å². The number of carbonyl (C=O) groups excluding carboxylic acids is 1. The number of nitrogens with zero attached hydrogens (tertiary/aromatic N) is 1. The second-order valence-electron chi connectivity index (χ2n) is 5.20. The molecule has 2 aromatic carbocycles. The molecule has 1 amide bonds. The molecule has 0 aliphatic rings. The van der Waals surface area contributed by atoms with E-state index >= 15 is 0 Å². The van der Waals surface area contributed by atoms with Crippen LogP contribution in [-0.2, 0) is 10.0 Å². The van der Waals surface area contributed by atoms with E-state index in [1.807, 2.05) is 0 Å². The Morgan fingerprint density at radius 1 is 1.08 bits per heavy atom. The van der Waals surface area contributed by atoms with Crippen LogP contribution in [0.5, 0.6) is 0 Å². The van der Waals surface area contributed by atoms with E-state index in [4.69, 9.17) is 12.2 Å². The number of amides is 1. The van der Waals surface area contributed by atoms with E-state index in [2.05, 4.69) is 26.6 Å². The minimum Gasteiger partial charge on any atom is -0.332 e. The molecular formula is C16H16BrN3O3S2. The molecule has 0 fully saturated rings. The van der Waals surface area contributed by atoms with Gasteiger partial charge in [-0.25, -0.2) is 12.7 Å². The maximum atomic E-state index is 12.2. The first kappa shape index (κ1) is 19.5. The Labute approximate surface area is 160 Å². The van der Waals surface area contributed by atoms with Gasteiger partial charge in [0.1, 0.15) is 0 Å². The van der Waals surface area contributed by atoms with Gasteiger partial charge in [-0.1, -0.05) is 12.1 Å². The molecule has 0 aliphatic heterocycles. The smallest absolute Gasteiger partial charge is 0.258 e. The predicted molar refractivity (Wildman–Crippen MR) is 105 cm³/mol. The maximum Gasteiger partial charge on any atom is 0.258 e. The van der Waals surface area contributed by atoms with Crippen molar-refractivity contribution < 1.29 is 13.2 Å². The molecule has 0 aromatic heterocycles. The van der Waals surface area contributed by atoms with Crippen LogP contribution >= 0.6 is 28.1 Å². The summed E-state index contributed by atoms with van der Waals surface area (Å²) in [7, 11) is -0.552. The Balaban J connectivity index is 2.04. The van der Waals surface area contributed by atoms with E-state index in [-0.39, 0.29) is 15.9 Å². The number of hydrogen-bond donors (Lipinski definition) is 2. The van der Waals surface area contributed by atoms with Crippen molar-refractivity contribution in [3.63, 3.8) is 0 Å². The first-order valence-electron chi connectivity index (χ1n) is 7.11. The van der Waals surface area contributed by atoms with Crippen LogP contribution in [0.4, 0.5) is 5.69 Å². The molecule has 0 radical (unpaired) electrons. The van der Waals surface area contributed by atoms with Gasteiger partial charge in [0.15, 0.2) is 5.11 Å². The van der Waals surface area contributed by atoms with Crippen molar-refractivity contribution >= 4 is 54.9 Å². The standard InChI is InChI=1S/C16H16BrN3O3S2/c1-20(2)25(22,23)12-9-7-11(8-10-12)18-16(24)19-15(21)13-5-3-4-6-14(13)17/h3-10H,1-2H3,(H2,18,19,21,24). The number of anilines is 1. The summed E-state index contributed by atoms with van der Waals surface area (Å²) in [6.07, 6.45) is 0.